The van der Waals surface area contributed by atoms with Crippen molar-refractivity contribution in [3.8, 4) is 11.1 Å². The van der Waals surface area contributed by atoms with E-state index >= 15 is 0 Å². The summed E-state index contributed by atoms with van der Waals surface area (Å²) in [7, 11) is 0. The second-order valence-electron chi connectivity index (χ2n) is 4.95. The van der Waals surface area contributed by atoms with Gasteiger partial charge in [0.2, 0.25) is 0 Å². The first-order valence-electron chi connectivity index (χ1n) is 6.55. The molecule has 20 heavy (non-hydrogen) atoms. The third-order valence-corrected chi connectivity index (χ3v) is 3.67. The Kier molecular flexibility index (Phi) is 3.26. The van der Waals surface area contributed by atoms with Gasteiger partial charge in [-0.05, 0) is 47.4 Å². The van der Waals surface area contributed by atoms with Gasteiger partial charge >= 0.3 is 6.18 Å². The van der Waals surface area contributed by atoms with Gasteiger partial charge in [0.1, 0.15) is 0 Å². The SMILES string of the molecule is FC(F)(F)c1ccc(-c2cccc3c2CNCC3)cc1. The molecule has 2 aromatic carbocycles. The van der Waals surface area contributed by atoms with E-state index in [0.717, 1.165) is 42.8 Å². The highest BCUT2D eigenvalue weighted by Crippen LogP contribution is 2.33. The summed E-state index contributed by atoms with van der Waals surface area (Å²) in [6.45, 7) is 1.72. The quantitative estimate of drug-likeness (QED) is 0.830. The minimum Gasteiger partial charge on any atom is -0.312 e. The second-order valence-corrected chi connectivity index (χ2v) is 4.95. The number of benzene rings is 2. The predicted octanol–water partition coefficient (Wildman–Crippen LogP) is 4.02. The highest BCUT2D eigenvalue weighted by atomic mass is 19.4. The molecule has 0 saturated heterocycles. The smallest absolute Gasteiger partial charge is 0.312 e. The number of fused-ring (bicyclic) bond motifs is 1. The second kappa shape index (κ2) is 4.94. The minimum absolute atomic E-state index is 0.607. The maximum Gasteiger partial charge on any atom is 0.416 e. The molecule has 104 valence electrons. The van der Waals surface area contributed by atoms with Crippen LogP contribution in [0.3, 0.4) is 0 Å². The molecule has 1 aliphatic heterocycles. The third-order valence-electron chi connectivity index (χ3n) is 3.67. The summed E-state index contributed by atoms with van der Waals surface area (Å²) in [5.41, 5.74) is 3.71. The van der Waals surface area contributed by atoms with Crippen LogP contribution in [0.4, 0.5) is 13.2 Å². The molecule has 2 aromatic rings. The van der Waals surface area contributed by atoms with E-state index in [-0.39, 0.29) is 0 Å². The van der Waals surface area contributed by atoms with Gasteiger partial charge in [-0.15, -0.1) is 0 Å². The van der Waals surface area contributed by atoms with Crippen LogP contribution >= 0.6 is 0 Å². The zero-order chi connectivity index (χ0) is 14.2. The van der Waals surface area contributed by atoms with Gasteiger partial charge in [-0.2, -0.15) is 13.2 Å². The molecule has 1 heterocycles. The fourth-order valence-corrected chi connectivity index (χ4v) is 2.62. The number of halogens is 3. The van der Waals surface area contributed by atoms with E-state index in [1.54, 1.807) is 12.1 Å². The molecule has 0 aromatic heterocycles. The normalized spacial score (nSPS) is 14.9. The minimum atomic E-state index is -4.28. The van der Waals surface area contributed by atoms with Crippen molar-refractivity contribution < 1.29 is 13.2 Å². The largest absolute Gasteiger partial charge is 0.416 e. The van der Waals surface area contributed by atoms with Crippen molar-refractivity contribution in [3.05, 3.63) is 59.2 Å². The Morgan fingerprint density at radius 1 is 0.950 bits per heavy atom. The zero-order valence-electron chi connectivity index (χ0n) is 10.8. The average Bonchev–Trinajstić information content (AvgIpc) is 2.46. The van der Waals surface area contributed by atoms with Crippen molar-refractivity contribution in [2.45, 2.75) is 19.1 Å². The van der Waals surface area contributed by atoms with Gasteiger partial charge in [-0.25, -0.2) is 0 Å². The van der Waals surface area contributed by atoms with E-state index in [2.05, 4.69) is 11.4 Å². The van der Waals surface area contributed by atoms with Crippen LogP contribution in [0.5, 0.6) is 0 Å². The Labute approximate surface area is 115 Å². The molecule has 0 fully saturated rings. The first-order valence-corrected chi connectivity index (χ1v) is 6.55. The Morgan fingerprint density at radius 3 is 2.40 bits per heavy atom. The van der Waals surface area contributed by atoms with Crippen LogP contribution in [0.25, 0.3) is 11.1 Å². The van der Waals surface area contributed by atoms with E-state index in [4.69, 9.17) is 0 Å². The molecule has 1 aliphatic rings. The van der Waals surface area contributed by atoms with Crippen LogP contribution < -0.4 is 5.32 Å². The maximum absolute atomic E-state index is 12.6. The molecule has 0 bridgehead atoms. The number of rotatable bonds is 1. The predicted molar refractivity (Wildman–Crippen MR) is 72.3 cm³/mol. The van der Waals surface area contributed by atoms with Crippen molar-refractivity contribution in [1.29, 1.82) is 0 Å². The molecule has 0 aliphatic carbocycles. The van der Waals surface area contributed by atoms with Gasteiger partial charge in [0.15, 0.2) is 0 Å². The van der Waals surface area contributed by atoms with E-state index in [9.17, 15) is 13.2 Å². The highest BCUT2D eigenvalue weighted by Gasteiger charge is 2.30. The molecule has 3 rings (SSSR count). The lowest BCUT2D eigenvalue weighted by Crippen LogP contribution is -2.24. The van der Waals surface area contributed by atoms with Gasteiger partial charge in [-0.1, -0.05) is 30.3 Å². The van der Waals surface area contributed by atoms with Crippen molar-refractivity contribution in [3.63, 3.8) is 0 Å². The van der Waals surface area contributed by atoms with Gasteiger partial charge < -0.3 is 5.32 Å². The molecule has 0 saturated carbocycles. The molecule has 0 amide bonds. The molecular weight excluding hydrogens is 263 g/mol. The Bertz CT molecular complexity index is 615. The maximum atomic E-state index is 12.6. The molecule has 1 N–H and O–H groups in total. The van der Waals surface area contributed by atoms with Crippen LogP contribution in [-0.2, 0) is 19.1 Å². The van der Waals surface area contributed by atoms with Crippen LogP contribution in [0.15, 0.2) is 42.5 Å². The van der Waals surface area contributed by atoms with Crippen molar-refractivity contribution in [2.75, 3.05) is 6.54 Å². The van der Waals surface area contributed by atoms with E-state index in [0.29, 0.717) is 0 Å². The molecule has 0 radical (unpaired) electrons. The Morgan fingerprint density at radius 2 is 1.70 bits per heavy atom. The summed E-state index contributed by atoms with van der Waals surface area (Å²) in [5.74, 6) is 0. The number of nitrogens with one attached hydrogen (secondary N) is 1. The summed E-state index contributed by atoms with van der Waals surface area (Å²) in [5, 5.41) is 3.31. The fourth-order valence-electron chi connectivity index (χ4n) is 2.62. The summed E-state index contributed by atoms with van der Waals surface area (Å²) in [6.07, 6.45) is -3.32. The lowest BCUT2D eigenvalue weighted by molar-refractivity contribution is -0.137. The molecule has 0 spiro atoms. The number of alkyl halides is 3. The first-order chi connectivity index (χ1) is 9.55. The lowest BCUT2D eigenvalue weighted by atomic mass is 9.91. The third kappa shape index (κ3) is 2.43. The van der Waals surface area contributed by atoms with E-state index < -0.39 is 11.7 Å². The number of hydrogen-bond acceptors (Lipinski definition) is 1. The van der Waals surface area contributed by atoms with Crippen molar-refractivity contribution in [1.82, 2.24) is 5.32 Å². The Hall–Kier alpha value is -1.81. The van der Waals surface area contributed by atoms with Crippen LogP contribution in [0.2, 0.25) is 0 Å². The summed E-state index contributed by atoms with van der Waals surface area (Å²) in [6, 6.07) is 11.4. The van der Waals surface area contributed by atoms with E-state index in [1.807, 2.05) is 12.1 Å². The summed E-state index contributed by atoms with van der Waals surface area (Å²) in [4.78, 5) is 0. The highest BCUT2D eigenvalue weighted by molar-refractivity contribution is 5.69. The standard InChI is InChI=1S/C16H14F3N/c17-16(18,19)13-6-4-12(5-7-13)14-3-1-2-11-8-9-20-10-15(11)14/h1-7,20H,8-10H2. The van der Waals surface area contributed by atoms with Gasteiger partial charge in [-0.3, -0.25) is 0 Å². The van der Waals surface area contributed by atoms with Crippen molar-refractivity contribution >= 4 is 0 Å². The lowest BCUT2D eigenvalue weighted by Gasteiger charge is -2.20. The number of hydrogen-bond donors (Lipinski definition) is 1. The van der Waals surface area contributed by atoms with Crippen molar-refractivity contribution in [2.24, 2.45) is 0 Å². The van der Waals surface area contributed by atoms with Gasteiger partial charge in [0.05, 0.1) is 5.56 Å². The topological polar surface area (TPSA) is 12.0 Å². The van der Waals surface area contributed by atoms with Crippen LogP contribution in [0.1, 0.15) is 16.7 Å². The molecule has 0 atom stereocenters. The van der Waals surface area contributed by atoms with Gasteiger partial charge in [0.25, 0.3) is 0 Å². The summed E-state index contributed by atoms with van der Waals surface area (Å²) < 4.78 is 37.8. The van der Waals surface area contributed by atoms with E-state index in [1.165, 1.54) is 11.1 Å². The molecule has 0 unspecified atom stereocenters. The zero-order valence-corrected chi connectivity index (χ0v) is 10.8. The summed E-state index contributed by atoms with van der Waals surface area (Å²) >= 11 is 0. The Balaban J connectivity index is 2.01. The molecule has 4 heteroatoms. The fraction of sp³-hybridized carbons (Fsp3) is 0.250. The average molecular weight is 277 g/mol. The monoisotopic (exact) mass is 277 g/mol. The van der Waals surface area contributed by atoms with Crippen LogP contribution in [-0.4, -0.2) is 6.54 Å². The van der Waals surface area contributed by atoms with Crippen LogP contribution in [0, 0.1) is 0 Å². The first kappa shape index (κ1) is 13.2. The molecule has 1 nitrogen and oxygen atoms in total. The molecular formula is C16H14F3N. The van der Waals surface area contributed by atoms with Gasteiger partial charge in [0, 0.05) is 6.54 Å².